The van der Waals surface area contributed by atoms with E-state index in [-0.39, 0.29) is 5.91 Å². The molecule has 0 saturated heterocycles. The minimum atomic E-state index is -0.192. The molecule has 0 aliphatic heterocycles. The quantitative estimate of drug-likeness (QED) is 0.677. The van der Waals surface area contributed by atoms with Gasteiger partial charge in [0.2, 0.25) is 0 Å². The lowest BCUT2D eigenvalue weighted by molar-refractivity contribution is 0.0950. The van der Waals surface area contributed by atoms with Crippen LogP contribution in [0.15, 0.2) is 67.0 Å². The fraction of sp³-hybridized carbons (Fsp3) is 0.100. The van der Waals surface area contributed by atoms with E-state index in [1.165, 1.54) is 6.20 Å². The fourth-order valence-electron chi connectivity index (χ4n) is 2.45. The number of rotatable bonds is 6. The topological polar surface area (TPSA) is 63.2 Å². The lowest BCUT2D eigenvalue weighted by Crippen LogP contribution is -2.22. The van der Waals surface area contributed by atoms with Gasteiger partial charge in [-0.15, -0.1) is 0 Å². The Morgan fingerprint density at radius 2 is 1.92 bits per heavy atom. The number of nitrogens with zero attached hydrogens (tertiary/aromatic N) is 1. The number of amides is 1. The number of ether oxygens (including phenoxy) is 1. The number of anilines is 2. The molecule has 2 aromatic carbocycles. The first-order chi connectivity index (χ1) is 12.7. The van der Waals surface area contributed by atoms with E-state index >= 15 is 0 Å². The van der Waals surface area contributed by atoms with E-state index in [1.807, 2.05) is 30.3 Å². The van der Waals surface area contributed by atoms with Crippen LogP contribution in [0.1, 0.15) is 15.9 Å². The van der Waals surface area contributed by atoms with Gasteiger partial charge in [0.15, 0.2) is 0 Å². The molecule has 1 aromatic heterocycles. The number of hydrogen-bond donors (Lipinski definition) is 2. The Morgan fingerprint density at radius 1 is 1.12 bits per heavy atom. The lowest BCUT2D eigenvalue weighted by Gasteiger charge is -2.12. The second kappa shape index (κ2) is 8.36. The molecule has 0 aliphatic rings. The molecule has 6 heteroatoms. The van der Waals surface area contributed by atoms with Gasteiger partial charge in [0.1, 0.15) is 5.75 Å². The van der Waals surface area contributed by atoms with E-state index in [9.17, 15) is 4.79 Å². The summed E-state index contributed by atoms with van der Waals surface area (Å²) in [5, 5.41) is 6.65. The number of benzene rings is 2. The average Bonchev–Trinajstić information content (AvgIpc) is 2.67. The second-order valence-corrected chi connectivity index (χ2v) is 6.04. The van der Waals surface area contributed by atoms with Gasteiger partial charge in [-0.3, -0.25) is 9.78 Å². The highest BCUT2D eigenvalue weighted by Gasteiger charge is 2.09. The Balaban J connectivity index is 1.72. The zero-order valence-corrected chi connectivity index (χ0v) is 15.0. The van der Waals surface area contributed by atoms with Gasteiger partial charge in [0.05, 0.1) is 30.2 Å². The SMILES string of the molecule is COc1ccc(Cl)cc1Nc1cncc(C(=O)NCc2ccccc2)c1. The number of aromatic nitrogens is 1. The summed E-state index contributed by atoms with van der Waals surface area (Å²) in [6, 6.07) is 16.7. The zero-order valence-electron chi connectivity index (χ0n) is 14.2. The molecule has 26 heavy (non-hydrogen) atoms. The van der Waals surface area contributed by atoms with Crippen molar-refractivity contribution >= 4 is 28.9 Å². The van der Waals surface area contributed by atoms with Crippen LogP contribution in [0.4, 0.5) is 11.4 Å². The van der Waals surface area contributed by atoms with Crippen molar-refractivity contribution in [3.8, 4) is 5.75 Å². The van der Waals surface area contributed by atoms with Crippen LogP contribution < -0.4 is 15.4 Å². The van der Waals surface area contributed by atoms with Crippen molar-refractivity contribution < 1.29 is 9.53 Å². The van der Waals surface area contributed by atoms with E-state index in [2.05, 4.69) is 15.6 Å². The van der Waals surface area contributed by atoms with Gasteiger partial charge in [-0.25, -0.2) is 0 Å². The number of pyridine rings is 1. The molecule has 0 unspecified atom stereocenters. The molecule has 2 N–H and O–H groups in total. The van der Waals surface area contributed by atoms with Gasteiger partial charge in [-0.05, 0) is 29.8 Å². The first-order valence-electron chi connectivity index (χ1n) is 8.03. The molecular formula is C20H18ClN3O2. The molecule has 1 heterocycles. The van der Waals surface area contributed by atoms with Gasteiger partial charge >= 0.3 is 0 Å². The van der Waals surface area contributed by atoms with Crippen LogP contribution in [-0.4, -0.2) is 18.0 Å². The van der Waals surface area contributed by atoms with Crippen molar-refractivity contribution in [2.75, 3.05) is 12.4 Å². The van der Waals surface area contributed by atoms with Crippen molar-refractivity contribution in [1.29, 1.82) is 0 Å². The Morgan fingerprint density at radius 3 is 2.69 bits per heavy atom. The van der Waals surface area contributed by atoms with Crippen molar-refractivity contribution in [2.45, 2.75) is 6.54 Å². The summed E-state index contributed by atoms with van der Waals surface area (Å²) < 4.78 is 5.32. The normalized spacial score (nSPS) is 10.2. The summed E-state index contributed by atoms with van der Waals surface area (Å²) >= 11 is 6.05. The molecular weight excluding hydrogens is 350 g/mol. The predicted octanol–water partition coefficient (Wildman–Crippen LogP) is 4.42. The summed E-state index contributed by atoms with van der Waals surface area (Å²) in [5.74, 6) is 0.455. The molecule has 3 rings (SSSR count). The minimum absolute atomic E-state index is 0.192. The highest BCUT2D eigenvalue weighted by Crippen LogP contribution is 2.30. The number of carbonyl (C=O) groups is 1. The van der Waals surface area contributed by atoms with E-state index < -0.39 is 0 Å². The second-order valence-electron chi connectivity index (χ2n) is 5.60. The summed E-state index contributed by atoms with van der Waals surface area (Å²) in [7, 11) is 1.58. The van der Waals surface area contributed by atoms with Crippen molar-refractivity contribution in [3.05, 3.63) is 83.1 Å². The third kappa shape index (κ3) is 4.52. The van der Waals surface area contributed by atoms with E-state index in [0.29, 0.717) is 34.3 Å². The van der Waals surface area contributed by atoms with Gasteiger partial charge in [-0.1, -0.05) is 41.9 Å². The maximum Gasteiger partial charge on any atom is 0.253 e. The third-order valence-corrected chi connectivity index (χ3v) is 3.97. The summed E-state index contributed by atoms with van der Waals surface area (Å²) in [4.78, 5) is 16.5. The van der Waals surface area contributed by atoms with E-state index in [1.54, 1.807) is 37.6 Å². The highest BCUT2D eigenvalue weighted by atomic mass is 35.5. The van der Waals surface area contributed by atoms with Crippen LogP contribution in [0.3, 0.4) is 0 Å². The van der Waals surface area contributed by atoms with Crippen LogP contribution in [-0.2, 0) is 6.54 Å². The predicted molar refractivity (Wildman–Crippen MR) is 103 cm³/mol. The Bertz CT molecular complexity index is 901. The zero-order chi connectivity index (χ0) is 18.4. The number of halogens is 1. The molecule has 0 saturated carbocycles. The molecule has 0 atom stereocenters. The van der Waals surface area contributed by atoms with Crippen LogP contribution in [0.5, 0.6) is 5.75 Å². The Kier molecular flexibility index (Phi) is 5.71. The smallest absolute Gasteiger partial charge is 0.253 e. The standard InChI is InChI=1S/C20H18ClN3O2/c1-26-19-8-7-16(21)10-18(19)24-17-9-15(12-22-13-17)20(25)23-11-14-5-3-2-4-6-14/h2-10,12-13,24H,11H2,1H3,(H,23,25). The summed E-state index contributed by atoms with van der Waals surface area (Å²) in [6.45, 7) is 0.458. The molecule has 132 valence electrons. The summed E-state index contributed by atoms with van der Waals surface area (Å²) in [6.07, 6.45) is 3.16. The maximum absolute atomic E-state index is 12.4. The minimum Gasteiger partial charge on any atom is -0.495 e. The van der Waals surface area contributed by atoms with Crippen LogP contribution in [0.25, 0.3) is 0 Å². The van der Waals surface area contributed by atoms with Gasteiger partial charge in [0.25, 0.3) is 5.91 Å². The molecule has 0 aliphatic carbocycles. The van der Waals surface area contributed by atoms with Crippen molar-refractivity contribution in [2.24, 2.45) is 0 Å². The fourth-order valence-corrected chi connectivity index (χ4v) is 2.62. The number of methoxy groups -OCH3 is 1. The molecule has 0 spiro atoms. The molecule has 0 radical (unpaired) electrons. The van der Waals surface area contributed by atoms with Crippen LogP contribution in [0, 0.1) is 0 Å². The van der Waals surface area contributed by atoms with Gasteiger partial charge in [-0.2, -0.15) is 0 Å². The molecule has 0 bridgehead atoms. The largest absolute Gasteiger partial charge is 0.495 e. The van der Waals surface area contributed by atoms with Gasteiger partial charge in [0, 0.05) is 17.8 Å². The third-order valence-electron chi connectivity index (χ3n) is 3.74. The summed E-state index contributed by atoms with van der Waals surface area (Å²) in [5.41, 5.74) is 2.86. The highest BCUT2D eigenvalue weighted by molar-refractivity contribution is 6.31. The molecule has 1 amide bonds. The first kappa shape index (κ1) is 17.8. The maximum atomic E-state index is 12.4. The molecule has 5 nitrogen and oxygen atoms in total. The van der Waals surface area contributed by atoms with Crippen molar-refractivity contribution in [3.63, 3.8) is 0 Å². The number of carbonyl (C=O) groups excluding carboxylic acids is 1. The first-order valence-corrected chi connectivity index (χ1v) is 8.41. The number of nitrogens with one attached hydrogen (secondary N) is 2. The van der Waals surface area contributed by atoms with Crippen LogP contribution >= 0.6 is 11.6 Å². The van der Waals surface area contributed by atoms with Gasteiger partial charge < -0.3 is 15.4 Å². The molecule has 3 aromatic rings. The lowest BCUT2D eigenvalue weighted by atomic mass is 10.2. The van der Waals surface area contributed by atoms with E-state index in [0.717, 1.165) is 5.56 Å². The number of hydrogen-bond acceptors (Lipinski definition) is 4. The average molecular weight is 368 g/mol. The van der Waals surface area contributed by atoms with E-state index in [4.69, 9.17) is 16.3 Å². The Hall–Kier alpha value is -3.05. The van der Waals surface area contributed by atoms with Crippen molar-refractivity contribution in [1.82, 2.24) is 10.3 Å². The Labute approximate surface area is 157 Å². The monoisotopic (exact) mass is 367 g/mol. The van der Waals surface area contributed by atoms with Crippen LogP contribution in [0.2, 0.25) is 5.02 Å². The molecule has 0 fully saturated rings.